The summed E-state index contributed by atoms with van der Waals surface area (Å²) >= 11 is 0. The molecule has 0 saturated carbocycles. The summed E-state index contributed by atoms with van der Waals surface area (Å²) in [4.78, 5) is 2.49. The second-order valence-corrected chi connectivity index (χ2v) is 16.5. The van der Waals surface area contributed by atoms with Crippen molar-refractivity contribution in [1.82, 2.24) is 4.57 Å². The summed E-state index contributed by atoms with van der Waals surface area (Å²) < 4.78 is 2.42. The number of para-hydroxylation sites is 3. The number of benzene rings is 8. The molecule has 2 aliphatic rings. The predicted octanol–water partition coefficient (Wildman–Crippen LogP) is 14.5. The topological polar surface area (TPSA) is 8.17 Å². The Bertz CT molecular complexity index is 2990. The van der Waals surface area contributed by atoms with E-state index in [-0.39, 0.29) is 10.8 Å². The number of fused-ring (bicyclic) bond motifs is 9. The van der Waals surface area contributed by atoms with Gasteiger partial charge >= 0.3 is 0 Å². The van der Waals surface area contributed by atoms with E-state index in [0.717, 1.165) is 22.7 Å². The summed E-state index contributed by atoms with van der Waals surface area (Å²) in [7, 11) is 0. The molecule has 2 aliphatic carbocycles. The van der Waals surface area contributed by atoms with Gasteiger partial charge in [0.1, 0.15) is 0 Å². The van der Waals surface area contributed by atoms with E-state index in [2.05, 4.69) is 219 Å². The molecule has 0 bridgehead atoms. The molecule has 2 nitrogen and oxygen atoms in total. The molecule has 56 heavy (non-hydrogen) atoms. The van der Waals surface area contributed by atoms with E-state index >= 15 is 0 Å². The van der Waals surface area contributed by atoms with Crippen LogP contribution in [0.4, 0.5) is 17.1 Å². The van der Waals surface area contributed by atoms with Gasteiger partial charge in [0.05, 0.1) is 16.7 Å². The molecule has 2 heteroatoms. The van der Waals surface area contributed by atoms with Crippen molar-refractivity contribution in [1.29, 1.82) is 0 Å². The van der Waals surface area contributed by atoms with Crippen LogP contribution in [0.25, 0.3) is 60.9 Å². The fraction of sp³-hybridized carbons (Fsp3) is 0.111. The molecule has 0 atom stereocenters. The summed E-state index contributed by atoms with van der Waals surface area (Å²) in [6, 6.07) is 67.6. The van der Waals surface area contributed by atoms with Gasteiger partial charge in [0.2, 0.25) is 0 Å². The van der Waals surface area contributed by atoms with Crippen molar-refractivity contribution < 1.29 is 0 Å². The monoisotopic (exact) mass is 718 g/mol. The fourth-order valence-electron chi connectivity index (χ4n) is 10.1. The third-order valence-electron chi connectivity index (χ3n) is 12.8. The van der Waals surface area contributed by atoms with Crippen LogP contribution in [-0.2, 0) is 10.8 Å². The quantitative estimate of drug-likeness (QED) is 0.172. The first-order valence-electron chi connectivity index (χ1n) is 19.8. The molecule has 11 rings (SSSR count). The zero-order valence-corrected chi connectivity index (χ0v) is 32.2. The highest BCUT2D eigenvalue weighted by atomic mass is 15.1. The van der Waals surface area contributed by atoms with Crippen molar-refractivity contribution in [2.75, 3.05) is 4.90 Å². The van der Waals surface area contributed by atoms with Gasteiger partial charge < -0.3 is 9.47 Å². The lowest BCUT2D eigenvalue weighted by atomic mass is 9.82. The number of hydrogen-bond acceptors (Lipinski definition) is 1. The minimum atomic E-state index is -0.0899. The zero-order chi connectivity index (χ0) is 37.8. The van der Waals surface area contributed by atoms with Gasteiger partial charge in [0.25, 0.3) is 0 Å². The van der Waals surface area contributed by atoms with Crippen LogP contribution in [0.1, 0.15) is 49.9 Å². The molecule has 8 aromatic carbocycles. The van der Waals surface area contributed by atoms with Crippen LogP contribution >= 0.6 is 0 Å². The summed E-state index contributed by atoms with van der Waals surface area (Å²) in [5.41, 5.74) is 20.0. The Morgan fingerprint density at radius 2 is 0.893 bits per heavy atom. The molecule has 0 fully saturated rings. The van der Waals surface area contributed by atoms with E-state index in [4.69, 9.17) is 0 Å². The SMILES string of the molecule is CC1(C)c2ccccc2-c2cc(N(c3cccc(-n4c5ccccc5c5ccccc54)c3)c3ccccc3-c3cccc4c3-c3ccccc3C4(C)C)ccc21. The Morgan fingerprint density at radius 3 is 1.64 bits per heavy atom. The van der Waals surface area contributed by atoms with Crippen LogP contribution in [-0.4, -0.2) is 4.57 Å². The van der Waals surface area contributed by atoms with Gasteiger partial charge in [-0.15, -0.1) is 0 Å². The highest BCUT2D eigenvalue weighted by Crippen LogP contribution is 2.55. The summed E-state index contributed by atoms with van der Waals surface area (Å²) in [6.45, 7) is 9.44. The van der Waals surface area contributed by atoms with Gasteiger partial charge in [-0.05, 0) is 98.6 Å². The predicted molar refractivity (Wildman–Crippen MR) is 236 cm³/mol. The Labute approximate surface area is 328 Å². The van der Waals surface area contributed by atoms with Crippen LogP contribution in [0.5, 0.6) is 0 Å². The van der Waals surface area contributed by atoms with Crippen molar-refractivity contribution in [3.63, 3.8) is 0 Å². The van der Waals surface area contributed by atoms with Gasteiger partial charge in [-0.2, -0.15) is 0 Å². The van der Waals surface area contributed by atoms with Crippen LogP contribution in [0.15, 0.2) is 182 Å². The van der Waals surface area contributed by atoms with Crippen LogP contribution in [0.3, 0.4) is 0 Å². The van der Waals surface area contributed by atoms with Gasteiger partial charge in [0.15, 0.2) is 0 Å². The number of aromatic nitrogens is 1. The maximum atomic E-state index is 2.49. The number of anilines is 3. The minimum Gasteiger partial charge on any atom is -0.310 e. The molecule has 1 aromatic heterocycles. The van der Waals surface area contributed by atoms with Gasteiger partial charge in [-0.1, -0.05) is 161 Å². The second kappa shape index (κ2) is 11.9. The van der Waals surface area contributed by atoms with Crippen molar-refractivity contribution in [3.05, 3.63) is 204 Å². The Balaban J connectivity index is 1.17. The lowest BCUT2D eigenvalue weighted by Gasteiger charge is -2.30. The number of hydrogen-bond donors (Lipinski definition) is 0. The van der Waals surface area contributed by atoms with E-state index in [1.54, 1.807) is 0 Å². The van der Waals surface area contributed by atoms with E-state index in [1.165, 1.54) is 77.4 Å². The van der Waals surface area contributed by atoms with E-state index in [1.807, 2.05) is 0 Å². The normalized spacial score (nSPS) is 14.4. The molecule has 0 amide bonds. The van der Waals surface area contributed by atoms with Crippen LogP contribution in [0, 0.1) is 0 Å². The van der Waals surface area contributed by atoms with E-state index < -0.39 is 0 Å². The molecule has 0 radical (unpaired) electrons. The maximum Gasteiger partial charge on any atom is 0.0541 e. The standard InChI is InChI=1S/C54H42N2/c1-53(2)45-25-10-5-19-38(45)44-34-37(31-32-47(44)53)55(35-17-15-18-36(33-35)56-50-29-13-7-20-39(50)40-21-8-14-30-51(40)56)49-28-12-9-22-41(49)42-24-16-27-48-52(42)43-23-6-11-26-46(43)54(48,3)4/h5-34H,1-4H3. The number of rotatable bonds is 5. The average Bonchev–Trinajstić information content (AvgIpc) is 3.78. The average molecular weight is 719 g/mol. The summed E-state index contributed by atoms with van der Waals surface area (Å²) in [6.07, 6.45) is 0. The second-order valence-electron chi connectivity index (χ2n) is 16.5. The smallest absolute Gasteiger partial charge is 0.0541 e. The number of nitrogens with zero attached hydrogens (tertiary/aromatic N) is 2. The Morgan fingerprint density at radius 1 is 0.375 bits per heavy atom. The summed E-state index contributed by atoms with van der Waals surface area (Å²) in [5, 5.41) is 2.52. The van der Waals surface area contributed by atoms with Crippen molar-refractivity contribution in [2.24, 2.45) is 0 Å². The maximum absolute atomic E-state index is 2.49. The molecule has 0 aliphatic heterocycles. The first-order valence-corrected chi connectivity index (χ1v) is 19.8. The van der Waals surface area contributed by atoms with Crippen molar-refractivity contribution in [2.45, 2.75) is 38.5 Å². The third-order valence-corrected chi connectivity index (χ3v) is 12.8. The minimum absolute atomic E-state index is 0.0750. The van der Waals surface area contributed by atoms with Crippen molar-refractivity contribution >= 4 is 38.9 Å². The lowest BCUT2D eigenvalue weighted by Crippen LogP contribution is -2.16. The first kappa shape index (κ1) is 32.8. The zero-order valence-electron chi connectivity index (χ0n) is 32.2. The van der Waals surface area contributed by atoms with E-state index in [9.17, 15) is 0 Å². The first-order chi connectivity index (χ1) is 27.3. The summed E-state index contributed by atoms with van der Waals surface area (Å²) in [5.74, 6) is 0. The van der Waals surface area contributed by atoms with Crippen molar-refractivity contribution in [3.8, 4) is 39.1 Å². The molecular weight excluding hydrogens is 677 g/mol. The largest absolute Gasteiger partial charge is 0.310 e. The van der Waals surface area contributed by atoms with Gasteiger partial charge in [0, 0.05) is 44.2 Å². The third kappa shape index (κ3) is 4.56. The molecule has 0 spiro atoms. The molecule has 1 heterocycles. The lowest BCUT2D eigenvalue weighted by molar-refractivity contribution is 0.660. The fourth-order valence-corrected chi connectivity index (χ4v) is 10.1. The highest BCUT2D eigenvalue weighted by molar-refractivity contribution is 6.09. The van der Waals surface area contributed by atoms with Crippen LogP contribution < -0.4 is 4.90 Å². The molecule has 268 valence electrons. The molecular formula is C54H42N2. The molecule has 0 saturated heterocycles. The van der Waals surface area contributed by atoms with E-state index in [0.29, 0.717) is 0 Å². The van der Waals surface area contributed by atoms with Gasteiger partial charge in [-0.25, -0.2) is 0 Å². The Kier molecular flexibility index (Phi) is 6.98. The van der Waals surface area contributed by atoms with Crippen LogP contribution in [0.2, 0.25) is 0 Å². The van der Waals surface area contributed by atoms with Gasteiger partial charge in [-0.3, -0.25) is 0 Å². The Hall–Kier alpha value is -6.64. The molecule has 9 aromatic rings. The molecule has 0 unspecified atom stereocenters. The molecule has 0 N–H and O–H groups in total. The highest BCUT2D eigenvalue weighted by Gasteiger charge is 2.38.